The summed E-state index contributed by atoms with van der Waals surface area (Å²) in [5, 5.41) is 2.93. The number of rotatable bonds is 25. The minimum Gasteiger partial charge on any atom is -0.352 e. The van der Waals surface area contributed by atoms with Crippen LogP contribution in [0.3, 0.4) is 0 Å². The summed E-state index contributed by atoms with van der Waals surface area (Å²) in [7, 11) is 1.79. The Kier molecular flexibility index (Phi) is 19.6. The Hall–Kier alpha value is -2.14. The van der Waals surface area contributed by atoms with E-state index in [1.807, 2.05) is 39.8 Å². The van der Waals surface area contributed by atoms with Crippen LogP contribution in [0.4, 0.5) is 4.39 Å². The number of amides is 1. The fourth-order valence-corrected chi connectivity index (χ4v) is 11.5. The number of Topliss-reactive ketones (excluding diaryl/α,β-unsaturated/α-hetero) is 1. The fraction of sp³-hybridized carbons (Fsp3) is 0.721. The topological polar surface area (TPSA) is 150 Å². The molecule has 2 aliphatic rings. The fourth-order valence-electron chi connectivity index (χ4n) is 6.94. The molecule has 17 heteroatoms. The van der Waals surface area contributed by atoms with Crippen molar-refractivity contribution in [3.63, 3.8) is 0 Å². The Balaban J connectivity index is 1.12. The van der Waals surface area contributed by atoms with Gasteiger partial charge in [-0.1, -0.05) is 47.6 Å². The van der Waals surface area contributed by atoms with Gasteiger partial charge in [-0.3, -0.25) is 23.9 Å². The predicted octanol–water partition coefficient (Wildman–Crippen LogP) is 8.89. The highest BCUT2D eigenvalue weighted by Crippen LogP contribution is 2.50. The lowest BCUT2D eigenvalue weighted by atomic mass is 9.83. The molecule has 1 amide bonds. The van der Waals surface area contributed by atoms with Gasteiger partial charge in [-0.05, 0) is 99.1 Å². The van der Waals surface area contributed by atoms with E-state index in [0.29, 0.717) is 51.2 Å². The third-order valence-electron chi connectivity index (χ3n) is 10.9. The summed E-state index contributed by atoms with van der Waals surface area (Å²) in [5.74, 6) is 0.894. The van der Waals surface area contributed by atoms with Crippen LogP contribution in [0.1, 0.15) is 143 Å². The Labute approximate surface area is 366 Å². The van der Waals surface area contributed by atoms with Crippen LogP contribution in [0.25, 0.3) is 0 Å². The molecule has 2 aliphatic heterocycles. The first-order valence-corrected chi connectivity index (χ1v) is 24.7. The van der Waals surface area contributed by atoms with Crippen LogP contribution in [-0.2, 0) is 28.1 Å². The van der Waals surface area contributed by atoms with Gasteiger partial charge in [0.2, 0.25) is 0 Å². The summed E-state index contributed by atoms with van der Waals surface area (Å²) in [4.78, 5) is 51.6. The lowest BCUT2D eigenvalue weighted by Gasteiger charge is -2.39. The van der Waals surface area contributed by atoms with Gasteiger partial charge in [0.25, 0.3) is 20.0 Å². The van der Waals surface area contributed by atoms with Gasteiger partial charge in [-0.15, -0.1) is 0 Å². The van der Waals surface area contributed by atoms with Gasteiger partial charge in [0.05, 0.1) is 25.9 Å². The van der Waals surface area contributed by atoms with E-state index < -0.39 is 50.7 Å². The van der Waals surface area contributed by atoms with E-state index in [0.717, 1.165) is 54.1 Å². The normalized spacial score (nSPS) is 21.8. The number of hydrogen-bond donors (Lipinski definition) is 2. The number of aromatic nitrogens is 2. The zero-order valence-electron chi connectivity index (χ0n) is 37.6. The standard InChI is InChI=1S/C43H68FN4O9PS2/c1-10-43(11-2)27-53-40(54-28-43)33-18-16-32(17-19-33)38(51)45-23-14-15-34(49)20-22-42(8,9)60-59-26-13-12-25-55-58(48(29(3)4)30(5)6)57-37-31(7)56-39(36(37)44)47-24-21-35(50)46-41(47)52/h16-19,21,24,29-31,36-37,39-40H,10-15,20,22-23,25-28H2,1-9H3,(H,45,51)(H,46,50,52)/i7D. The number of unbranched alkanes of at least 4 members (excludes halogenated alkanes) is 1. The molecule has 2 aromatic rings. The van der Waals surface area contributed by atoms with E-state index in [2.05, 4.69) is 42.7 Å². The first kappa shape index (κ1) is 48.9. The zero-order valence-corrected chi connectivity index (χ0v) is 39.1. The first-order chi connectivity index (χ1) is 29.0. The Morgan fingerprint density at radius 2 is 1.75 bits per heavy atom. The maximum absolute atomic E-state index is 15.9. The lowest BCUT2D eigenvalue weighted by Crippen LogP contribution is -2.38. The van der Waals surface area contributed by atoms with Crippen LogP contribution in [0.2, 0.25) is 0 Å². The van der Waals surface area contributed by atoms with Crippen molar-refractivity contribution in [2.45, 2.75) is 161 Å². The molecule has 0 aliphatic carbocycles. The predicted molar refractivity (Wildman–Crippen MR) is 239 cm³/mol. The number of H-pyrrole nitrogens is 1. The van der Waals surface area contributed by atoms with Crippen LogP contribution >= 0.6 is 30.1 Å². The molecule has 0 saturated carbocycles. The van der Waals surface area contributed by atoms with Crippen LogP contribution in [-0.4, -0.2) is 93.2 Å². The summed E-state index contributed by atoms with van der Waals surface area (Å²) >= 11 is 0. The maximum atomic E-state index is 15.9. The van der Waals surface area contributed by atoms with Crippen molar-refractivity contribution < 1.29 is 38.6 Å². The molecule has 3 heterocycles. The van der Waals surface area contributed by atoms with Gasteiger partial charge < -0.3 is 28.6 Å². The van der Waals surface area contributed by atoms with Crippen LogP contribution in [0.5, 0.6) is 0 Å². The number of carbonyl (C=O) groups excluding carboxylic acids is 2. The van der Waals surface area contributed by atoms with E-state index >= 15 is 4.39 Å². The minimum absolute atomic E-state index is 0.0238. The van der Waals surface area contributed by atoms with E-state index in [1.54, 1.807) is 33.7 Å². The molecule has 2 fully saturated rings. The highest BCUT2D eigenvalue weighted by Gasteiger charge is 2.48. The molecule has 4 rings (SSSR count). The number of alkyl halides is 1. The Morgan fingerprint density at radius 3 is 2.37 bits per heavy atom. The number of halogens is 1. The van der Waals surface area contributed by atoms with Crippen molar-refractivity contribution in [3.05, 3.63) is 68.5 Å². The van der Waals surface area contributed by atoms with Gasteiger partial charge in [-0.25, -0.2) is 13.9 Å². The molecule has 5 atom stereocenters. The van der Waals surface area contributed by atoms with Gasteiger partial charge >= 0.3 is 5.69 Å². The summed E-state index contributed by atoms with van der Waals surface area (Å²) in [6.45, 7) is 18.5. The monoisotopic (exact) mass is 899 g/mol. The second-order valence-electron chi connectivity index (χ2n) is 16.8. The molecular weight excluding hydrogens is 831 g/mol. The lowest BCUT2D eigenvalue weighted by molar-refractivity contribution is -0.235. The number of ether oxygens (including phenoxy) is 3. The van der Waals surface area contributed by atoms with Gasteiger partial charge in [0.1, 0.15) is 11.9 Å². The molecule has 1 aromatic carbocycles. The second-order valence-corrected chi connectivity index (χ2v) is 21.3. The summed E-state index contributed by atoms with van der Waals surface area (Å²) in [5.41, 5.74) is 0.115. The van der Waals surface area contributed by atoms with Gasteiger partial charge in [-0.2, -0.15) is 0 Å². The maximum Gasteiger partial charge on any atom is 0.330 e. The van der Waals surface area contributed by atoms with Gasteiger partial charge in [0.15, 0.2) is 18.7 Å². The number of aromatic amines is 1. The highest BCUT2D eigenvalue weighted by molar-refractivity contribution is 8.77. The quantitative estimate of drug-likeness (QED) is 0.0557. The average Bonchev–Trinajstić information content (AvgIpc) is 3.54. The molecule has 0 spiro atoms. The largest absolute Gasteiger partial charge is 0.352 e. The van der Waals surface area contributed by atoms with Crippen molar-refractivity contribution in [2.75, 3.05) is 32.1 Å². The number of nitrogens with zero attached hydrogens (tertiary/aromatic N) is 2. The molecule has 1 aromatic heterocycles. The SMILES string of the molecule is [2H]CC1OC(n2ccc(=O)[nH]c2=O)C(F)C1OP(OCCCCSSC(C)(C)CCC(=O)CCCNC(=O)c1ccc(C2OCC(CC)(CC)CO2)cc1)N(C(C)C)C(C)C. The molecule has 13 nitrogen and oxygen atoms in total. The third-order valence-corrected chi connectivity index (χ3v) is 16.5. The van der Waals surface area contributed by atoms with Crippen molar-refractivity contribution in [2.24, 2.45) is 5.41 Å². The average molecular weight is 900 g/mol. The van der Waals surface area contributed by atoms with E-state index in [1.165, 1.54) is 6.20 Å². The number of nitrogens with one attached hydrogen (secondary N) is 2. The van der Waals surface area contributed by atoms with E-state index in [-0.39, 0.29) is 40.8 Å². The van der Waals surface area contributed by atoms with Gasteiger partial charge in [0, 0.05) is 72.1 Å². The number of carbonyl (C=O) groups is 2. The summed E-state index contributed by atoms with van der Waals surface area (Å²) in [6, 6.07) is 8.47. The summed E-state index contributed by atoms with van der Waals surface area (Å²) in [6.07, 6.45) is 1.42. The molecule has 338 valence electrons. The molecular formula is C43H68FN4O9PS2. The van der Waals surface area contributed by atoms with Crippen LogP contribution in [0, 0.1) is 5.41 Å². The molecule has 5 unspecified atom stereocenters. The minimum atomic E-state index is -1.77. The molecule has 0 bridgehead atoms. The summed E-state index contributed by atoms with van der Waals surface area (Å²) < 4.78 is 57.4. The van der Waals surface area contributed by atoms with Crippen LogP contribution < -0.4 is 16.6 Å². The number of benzene rings is 1. The third kappa shape index (κ3) is 14.7. The molecule has 60 heavy (non-hydrogen) atoms. The Bertz CT molecular complexity index is 1770. The zero-order chi connectivity index (χ0) is 44.7. The molecule has 2 saturated heterocycles. The number of ketones is 1. The second kappa shape index (κ2) is 24.1. The smallest absolute Gasteiger partial charge is 0.330 e. The van der Waals surface area contributed by atoms with Crippen molar-refractivity contribution >= 4 is 41.8 Å². The van der Waals surface area contributed by atoms with E-state index in [4.69, 9.17) is 24.6 Å². The van der Waals surface area contributed by atoms with Crippen molar-refractivity contribution in [1.82, 2.24) is 19.5 Å². The van der Waals surface area contributed by atoms with E-state index in [9.17, 15) is 19.2 Å². The van der Waals surface area contributed by atoms with Crippen molar-refractivity contribution in [3.8, 4) is 0 Å². The molecule has 0 radical (unpaired) electrons. The first-order valence-electron chi connectivity index (χ1n) is 22.0. The molecule has 2 N–H and O–H groups in total. The van der Waals surface area contributed by atoms with Crippen LogP contribution in [0.15, 0.2) is 46.1 Å². The highest BCUT2D eigenvalue weighted by atomic mass is 33.1. The number of hydrogen-bond acceptors (Lipinski definition) is 12. The Morgan fingerprint density at radius 1 is 1.07 bits per heavy atom. The van der Waals surface area contributed by atoms with Crippen molar-refractivity contribution in [1.29, 1.82) is 0 Å².